The van der Waals surface area contributed by atoms with E-state index in [9.17, 15) is 19.2 Å². The number of benzene rings is 2. The Morgan fingerprint density at radius 3 is 1.35 bits per heavy atom. The third-order valence-electron chi connectivity index (χ3n) is 9.04. The van der Waals surface area contributed by atoms with Crippen molar-refractivity contribution < 1.29 is 47.6 Å². The van der Waals surface area contributed by atoms with Crippen molar-refractivity contribution in [2.75, 3.05) is 52.7 Å². The molecule has 276 valence electrons. The highest BCUT2D eigenvalue weighted by Gasteiger charge is 2.56. The monoisotopic (exact) mass is 706 g/mol. The Morgan fingerprint density at radius 1 is 0.588 bits per heavy atom. The quantitative estimate of drug-likeness (QED) is 0.0953. The molecule has 4 rings (SSSR count). The van der Waals surface area contributed by atoms with Gasteiger partial charge in [0.25, 0.3) is 0 Å². The normalized spacial score (nSPS) is 15.5. The molecule has 2 aromatic rings. The summed E-state index contributed by atoms with van der Waals surface area (Å²) in [6.07, 6.45) is 0.565. The van der Waals surface area contributed by atoms with Gasteiger partial charge in [-0.15, -0.1) is 0 Å². The second-order valence-corrected chi connectivity index (χ2v) is 14.3. The van der Waals surface area contributed by atoms with Crippen LogP contribution in [0.25, 0.3) is 0 Å². The Hall–Kier alpha value is -5.00. The maximum atomic E-state index is 12.0. The predicted octanol–water partition coefficient (Wildman–Crippen LogP) is 5.78. The topological polar surface area (TPSA) is 148 Å². The average Bonchev–Trinajstić information content (AvgIpc) is 3.43. The van der Waals surface area contributed by atoms with Crippen molar-refractivity contribution in [2.24, 2.45) is 0 Å². The van der Waals surface area contributed by atoms with Crippen molar-refractivity contribution in [2.45, 2.75) is 70.6 Å². The van der Waals surface area contributed by atoms with E-state index in [1.807, 2.05) is 12.1 Å². The lowest BCUT2D eigenvalue weighted by atomic mass is 9.72. The van der Waals surface area contributed by atoms with E-state index in [1.54, 1.807) is 13.8 Å². The van der Waals surface area contributed by atoms with Gasteiger partial charge in [0.1, 0.15) is 51.1 Å². The highest BCUT2D eigenvalue weighted by atomic mass is 16.6. The second kappa shape index (κ2) is 16.3. The molecule has 12 heteroatoms. The second-order valence-electron chi connectivity index (χ2n) is 14.3. The molecule has 0 fully saturated rings. The van der Waals surface area contributed by atoms with E-state index in [4.69, 9.17) is 28.4 Å². The SMILES string of the molecule is C=C(C)C(=O)OCCNC(=O)OCCOc1ccc2c(c1)C1(CC2(C)C)CC(C)(C)c2ccc(OCCOC(=O)NCCOC(=O)C(=C)C)cc21. The molecular weight excluding hydrogens is 656 g/mol. The third-order valence-corrected chi connectivity index (χ3v) is 9.04. The molecule has 51 heavy (non-hydrogen) atoms. The van der Waals surface area contributed by atoms with Gasteiger partial charge in [0.2, 0.25) is 0 Å². The van der Waals surface area contributed by atoms with Gasteiger partial charge in [-0.05, 0) is 84.0 Å². The first-order valence-electron chi connectivity index (χ1n) is 17.1. The summed E-state index contributed by atoms with van der Waals surface area (Å²) in [5, 5.41) is 5.07. The average molecular weight is 707 g/mol. The number of ether oxygens (including phenoxy) is 6. The molecule has 0 unspecified atom stereocenters. The highest BCUT2D eigenvalue weighted by molar-refractivity contribution is 5.87. The Bertz CT molecular complexity index is 1540. The summed E-state index contributed by atoms with van der Waals surface area (Å²) in [4.78, 5) is 46.9. The summed E-state index contributed by atoms with van der Waals surface area (Å²) in [5.41, 5.74) is 5.08. The van der Waals surface area contributed by atoms with Crippen molar-refractivity contribution in [1.29, 1.82) is 0 Å². The molecule has 12 nitrogen and oxygen atoms in total. The van der Waals surface area contributed by atoms with E-state index >= 15 is 0 Å². The molecule has 0 aromatic heterocycles. The molecule has 0 heterocycles. The fourth-order valence-electron chi connectivity index (χ4n) is 7.02. The Kier molecular flexibility index (Phi) is 12.4. The molecule has 0 radical (unpaired) electrons. The minimum Gasteiger partial charge on any atom is -0.490 e. The number of fused-ring (bicyclic) bond motifs is 4. The minimum atomic E-state index is -0.629. The Labute approximate surface area is 299 Å². The number of amides is 2. The largest absolute Gasteiger partial charge is 0.490 e. The number of esters is 2. The maximum absolute atomic E-state index is 12.0. The Morgan fingerprint density at radius 2 is 0.980 bits per heavy atom. The van der Waals surface area contributed by atoms with Crippen LogP contribution in [0.2, 0.25) is 0 Å². The molecule has 2 amide bonds. The van der Waals surface area contributed by atoms with Gasteiger partial charge in [-0.2, -0.15) is 0 Å². The van der Waals surface area contributed by atoms with Crippen LogP contribution in [0.1, 0.15) is 76.6 Å². The summed E-state index contributed by atoms with van der Waals surface area (Å²) in [6.45, 7) is 19.9. The Balaban J connectivity index is 1.35. The van der Waals surface area contributed by atoms with Gasteiger partial charge in [-0.1, -0.05) is 53.0 Å². The molecule has 2 aliphatic rings. The van der Waals surface area contributed by atoms with Crippen molar-refractivity contribution in [3.63, 3.8) is 0 Å². The summed E-state index contributed by atoms with van der Waals surface area (Å²) >= 11 is 0. The number of alkyl carbamates (subject to hydrolysis) is 2. The van der Waals surface area contributed by atoms with Gasteiger partial charge >= 0.3 is 24.1 Å². The van der Waals surface area contributed by atoms with Crippen LogP contribution in [0.15, 0.2) is 60.7 Å². The lowest BCUT2D eigenvalue weighted by Gasteiger charge is -2.30. The highest BCUT2D eigenvalue weighted by Crippen LogP contribution is 2.63. The standard InChI is InChI=1S/C39H50N2O10/c1-25(2)33(42)48-15-13-40-35(44)50-19-17-46-27-9-11-29-31(21-27)39(23-37(29,5)6)24-38(7,8)30-12-10-28(22-32(30)39)47-18-20-51-36(45)41-14-16-49-34(43)26(3)4/h9-12,21-22H,1,3,13-20,23-24H2,2,4-8H3,(H,40,44)(H,41,45). The zero-order valence-electron chi connectivity index (χ0n) is 30.5. The van der Waals surface area contributed by atoms with Crippen molar-refractivity contribution in [1.82, 2.24) is 10.6 Å². The van der Waals surface area contributed by atoms with Gasteiger partial charge in [-0.25, -0.2) is 19.2 Å². The van der Waals surface area contributed by atoms with Gasteiger partial charge in [0.15, 0.2) is 0 Å². The first-order valence-corrected chi connectivity index (χ1v) is 17.1. The van der Waals surface area contributed by atoms with Crippen LogP contribution >= 0.6 is 0 Å². The van der Waals surface area contributed by atoms with E-state index in [-0.39, 0.29) is 80.1 Å². The fourth-order valence-corrected chi connectivity index (χ4v) is 7.02. The van der Waals surface area contributed by atoms with Crippen LogP contribution in [0, 0.1) is 0 Å². The van der Waals surface area contributed by atoms with Crippen LogP contribution in [0.4, 0.5) is 9.59 Å². The number of nitrogens with one attached hydrogen (secondary N) is 2. The van der Waals surface area contributed by atoms with Crippen LogP contribution in [-0.4, -0.2) is 76.9 Å². The molecule has 0 saturated carbocycles. The van der Waals surface area contributed by atoms with E-state index in [0.717, 1.165) is 12.8 Å². The molecule has 0 bridgehead atoms. The van der Waals surface area contributed by atoms with Crippen molar-refractivity contribution >= 4 is 24.1 Å². The maximum Gasteiger partial charge on any atom is 0.407 e. The fraction of sp³-hybridized carbons (Fsp3) is 0.487. The zero-order valence-corrected chi connectivity index (χ0v) is 30.5. The van der Waals surface area contributed by atoms with Crippen LogP contribution in [0.3, 0.4) is 0 Å². The number of carbonyl (C=O) groups excluding carboxylic acids is 4. The summed E-state index contributed by atoms with van der Waals surface area (Å²) in [5.74, 6) is 0.342. The number of carbonyl (C=O) groups is 4. The molecule has 0 aliphatic heterocycles. The number of hydrogen-bond donors (Lipinski definition) is 2. The van der Waals surface area contributed by atoms with Crippen LogP contribution in [-0.2, 0) is 44.8 Å². The van der Waals surface area contributed by atoms with Crippen molar-refractivity contribution in [3.05, 3.63) is 83.0 Å². The van der Waals surface area contributed by atoms with Crippen molar-refractivity contribution in [3.8, 4) is 11.5 Å². The van der Waals surface area contributed by atoms with E-state index in [2.05, 4.69) is 75.8 Å². The smallest absolute Gasteiger partial charge is 0.407 e. The minimum absolute atomic E-state index is 0.0181. The first-order chi connectivity index (χ1) is 24.1. The lowest BCUT2D eigenvalue weighted by Crippen LogP contribution is -2.29. The molecular formula is C39H50N2O10. The van der Waals surface area contributed by atoms with Gasteiger partial charge in [0, 0.05) is 16.6 Å². The molecule has 0 saturated heterocycles. The number of hydrogen-bond acceptors (Lipinski definition) is 10. The summed E-state index contributed by atoms with van der Waals surface area (Å²) in [6, 6.07) is 12.4. The lowest BCUT2D eigenvalue weighted by molar-refractivity contribution is -0.139. The molecule has 2 aliphatic carbocycles. The van der Waals surface area contributed by atoms with Gasteiger partial charge < -0.3 is 39.1 Å². The predicted molar refractivity (Wildman–Crippen MR) is 190 cm³/mol. The van der Waals surface area contributed by atoms with Crippen LogP contribution < -0.4 is 20.1 Å². The van der Waals surface area contributed by atoms with Gasteiger partial charge in [-0.3, -0.25) is 0 Å². The molecule has 1 spiro atoms. The zero-order chi connectivity index (χ0) is 37.4. The molecule has 0 atom stereocenters. The first kappa shape index (κ1) is 38.8. The summed E-state index contributed by atoms with van der Waals surface area (Å²) < 4.78 is 32.4. The third kappa shape index (κ3) is 9.62. The molecule has 2 N–H and O–H groups in total. The van der Waals surface area contributed by atoms with Crippen LogP contribution in [0.5, 0.6) is 11.5 Å². The van der Waals surface area contributed by atoms with E-state index in [1.165, 1.54) is 22.3 Å². The number of rotatable bonds is 16. The molecule has 2 aromatic carbocycles. The van der Waals surface area contributed by atoms with E-state index < -0.39 is 24.1 Å². The van der Waals surface area contributed by atoms with E-state index in [0.29, 0.717) is 11.5 Å². The summed E-state index contributed by atoms with van der Waals surface area (Å²) in [7, 11) is 0. The van der Waals surface area contributed by atoms with Gasteiger partial charge in [0.05, 0.1) is 13.1 Å².